The third kappa shape index (κ3) is 4.95. The van der Waals surface area contributed by atoms with Gasteiger partial charge in [-0.1, -0.05) is 18.2 Å². The van der Waals surface area contributed by atoms with Gasteiger partial charge in [0.1, 0.15) is 24.4 Å². The lowest BCUT2D eigenvalue weighted by Gasteiger charge is -2.42. The second-order valence-corrected chi connectivity index (χ2v) is 5.72. The van der Waals surface area contributed by atoms with Crippen LogP contribution in [-0.4, -0.2) is 88.8 Å². The molecule has 1 saturated heterocycles. The summed E-state index contributed by atoms with van der Waals surface area (Å²) in [7, 11) is 1.48. The smallest absolute Gasteiger partial charge is 0.251 e. The van der Waals surface area contributed by atoms with Crippen LogP contribution in [0, 0.1) is 0 Å². The summed E-state index contributed by atoms with van der Waals surface area (Å²) in [6.07, 6.45) is -6.39. The van der Waals surface area contributed by atoms with Crippen molar-refractivity contribution in [1.29, 1.82) is 0 Å². The molecule has 0 spiro atoms. The first-order valence-electron chi connectivity index (χ1n) is 7.95. The summed E-state index contributed by atoms with van der Waals surface area (Å²) < 4.78 is 5.34. The van der Waals surface area contributed by atoms with E-state index in [9.17, 15) is 20.1 Å². The maximum absolute atomic E-state index is 11.9. The fourth-order valence-corrected chi connectivity index (χ4v) is 2.50. The molecule has 1 aromatic rings. The topological polar surface area (TPSA) is 132 Å². The fourth-order valence-electron chi connectivity index (χ4n) is 2.50. The number of hydrogen-bond acceptors (Lipinski definition) is 8. The van der Waals surface area contributed by atoms with Crippen LogP contribution in [0.15, 0.2) is 30.3 Å². The Kier molecular flexibility index (Phi) is 7.26. The molecule has 1 fully saturated rings. The van der Waals surface area contributed by atoms with Gasteiger partial charge in [-0.3, -0.25) is 9.63 Å². The number of nitrogens with zero attached hydrogens (tertiary/aromatic N) is 1. The van der Waals surface area contributed by atoms with E-state index >= 15 is 0 Å². The number of carbonyl (C=O) groups is 1. The first kappa shape index (κ1) is 19.7. The number of hydroxylamine groups is 2. The molecule has 5 N–H and O–H groups in total. The largest absolute Gasteiger partial charge is 0.394 e. The van der Waals surface area contributed by atoms with Crippen LogP contribution in [0.4, 0.5) is 0 Å². The summed E-state index contributed by atoms with van der Waals surface area (Å²) in [5, 5.41) is 42.5. The molecule has 1 amide bonds. The van der Waals surface area contributed by atoms with Crippen LogP contribution >= 0.6 is 0 Å². The molecule has 1 aliphatic rings. The monoisotopic (exact) mass is 356 g/mol. The molecular weight excluding hydrogens is 332 g/mol. The highest BCUT2D eigenvalue weighted by atomic mass is 16.7. The number of hydrogen-bond donors (Lipinski definition) is 5. The van der Waals surface area contributed by atoms with Crippen molar-refractivity contribution < 1.29 is 34.8 Å². The quantitative estimate of drug-likeness (QED) is 0.282. The highest BCUT2D eigenvalue weighted by Crippen LogP contribution is 2.22. The van der Waals surface area contributed by atoms with Gasteiger partial charge in [-0.2, -0.15) is 5.06 Å². The maximum Gasteiger partial charge on any atom is 0.251 e. The molecule has 2 rings (SSSR count). The first-order chi connectivity index (χ1) is 12.0. The summed E-state index contributed by atoms with van der Waals surface area (Å²) >= 11 is 0. The molecule has 9 heteroatoms. The van der Waals surface area contributed by atoms with E-state index in [0.717, 1.165) is 0 Å². The van der Waals surface area contributed by atoms with E-state index in [2.05, 4.69) is 5.32 Å². The van der Waals surface area contributed by atoms with Crippen LogP contribution in [0.5, 0.6) is 0 Å². The van der Waals surface area contributed by atoms with Gasteiger partial charge in [0.2, 0.25) is 0 Å². The summed E-state index contributed by atoms with van der Waals surface area (Å²) in [5.74, 6) is -0.236. The van der Waals surface area contributed by atoms with Crippen molar-refractivity contribution in [3.05, 3.63) is 35.9 Å². The van der Waals surface area contributed by atoms with Crippen molar-refractivity contribution in [3.8, 4) is 0 Å². The predicted molar refractivity (Wildman–Crippen MR) is 86.3 cm³/mol. The first-order valence-corrected chi connectivity index (χ1v) is 7.95. The lowest BCUT2D eigenvalue weighted by atomic mass is 9.98. The van der Waals surface area contributed by atoms with Crippen molar-refractivity contribution in [2.24, 2.45) is 0 Å². The molecule has 1 heterocycles. The van der Waals surface area contributed by atoms with E-state index in [-0.39, 0.29) is 19.1 Å². The minimum Gasteiger partial charge on any atom is -0.394 e. The van der Waals surface area contributed by atoms with E-state index in [4.69, 9.17) is 14.7 Å². The van der Waals surface area contributed by atoms with Gasteiger partial charge in [-0.15, -0.1) is 0 Å². The van der Waals surface area contributed by atoms with Crippen LogP contribution in [0.2, 0.25) is 0 Å². The summed E-state index contributed by atoms with van der Waals surface area (Å²) in [6.45, 7) is -0.192. The second kappa shape index (κ2) is 9.20. The number of carbonyl (C=O) groups excluding carboxylic acids is 1. The van der Waals surface area contributed by atoms with Gasteiger partial charge in [0.05, 0.1) is 13.2 Å². The maximum atomic E-state index is 11.9. The molecule has 9 nitrogen and oxygen atoms in total. The Bertz CT molecular complexity index is 543. The van der Waals surface area contributed by atoms with Crippen molar-refractivity contribution in [2.45, 2.75) is 30.6 Å². The van der Waals surface area contributed by atoms with Crippen LogP contribution < -0.4 is 5.32 Å². The van der Waals surface area contributed by atoms with Crippen molar-refractivity contribution in [3.63, 3.8) is 0 Å². The zero-order valence-corrected chi connectivity index (χ0v) is 13.9. The predicted octanol–water partition coefficient (Wildman–Crippen LogP) is -1.92. The Morgan fingerprint density at radius 1 is 1.20 bits per heavy atom. The zero-order valence-electron chi connectivity index (χ0n) is 13.9. The van der Waals surface area contributed by atoms with Crippen molar-refractivity contribution in [2.75, 3.05) is 26.8 Å². The number of aliphatic hydroxyl groups excluding tert-OH is 4. The van der Waals surface area contributed by atoms with Gasteiger partial charge in [0.25, 0.3) is 5.91 Å². The van der Waals surface area contributed by atoms with Gasteiger partial charge < -0.3 is 30.5 Å². The molecule has 25 heavy (non-hydrogen) atoms. The Morgan fingerprint density at radius 3 is 2.52 bits per heavy atom. The Labute approximate surface area is 145 Å². The van der Waals surface area contributed by atoms with E-state index in [0.29, 0.717) is 5.56 Å². The van der Waals surface area contributed by atoms with Gasteiger partial charge in [0.15, 0.2) is 6.23 Å². The second-order valence-electron chi connectivity index (χ2n) is 5.72. The summed E-state index contributed by atoms with van der Waals surface area (Å²) in [4.78, 5) is 17.2. The number of amides is 1. The number of aliphatic hydroxyl groups is 4. The molecule has 0 aliphatic carbocycles. The van der Waals surface area contributed by atoms with Gasteiger partial charge in [-0.25, -0.2) is 0 Å². The number of nitrogens with one attached hydrogen (secondary N) is 1. The fraction of sp³-hybridized carbons (Fsp3) is 0.562. The molecule has 1 aliphatic heterocycles. The van der Waals surface area contributed by atoms with E-state index in [1.54, 1.807) is 24.3 Å². The number of benzene rings is 1. The van der Waals surface area contributed by atoms with Crippen molar-refractivity contribution >= 4 is 5.91 Å². The Hall–Kier alpha value is -1.59. The summed E-state index contributed by atoms with van der Waals surface area (Å²) in [5.41, 5.74) is 0.532. The zero-order chi connectivity index (χ0) is 18.4. The minimum atomic E-state index is -1.47. The van der Waals surface area contributed by atoms with Crippen molar-refractivity contribution in [1.82, 2.24) is 10.4 Å². The van der Waals surface area contributed by atoms with Crippen LogP contribution in [0.3, 0.4) is 0 Å². The molecular formula is C16H24N2O7. The molecule has 1 aromatic carbocycles. The Balaban J connectivity index is 1.77. The number of likely N-dealkylation sites (N-methyl/N-ethyl adjacent to an activating group) is 1. The standard InChI is InChI=1S/C16H24N2O7/c1-18(16-14(22)13(21)12(20)11(9-19)25-16)24-8-7-17-15(23)10-5-3-2-4-6-10/h2-6,11-14,16,19-22H,7-9H2,1H3,(H,17,23)/t11-,12-,13+,14-,16-/m1/s1. The molecule has 0 saturated carbocycles. The van der Waals surface area contributed by atoms with Gasteiger partial charge >= 0.3 is 0 Å². The van der Waals surface area contributed by atoms with Gasteiger partial charge in [-0.05, 0) is 12.1 Å². The number of ether oxygens (including phenoxy) is 1. The molecule has 5 atom stereocenters. The normalized spacial score (nSPS) is 29.6. The van der Waals surface area contributed by atoms with E-state index in [1.165, 1.54) is 12.1 Å². The highest BCUT2D eigenvalue weighted by molar-refractivity contribution is 5.94. The van der Waals surface area contributed by atoms with Crippen LogP contribution in [0.1, 0.15) is 10.4 Å². The molecule has 0 radical (unpaired) electrons. The SMILES string of the molecule is CN(OCCNC(=O)c1ccccc1)[C@@H]1O[C@H](CO)[C@@H](O)[C@H](O)[C@H]1O. The number of rotatable bonds is 7. The lowest BCUT2D eigenvalue weighted by molar-refractivity contribution is -0.326. The average molecular weight is 356 g/mol. The average Bonchev–Trinajstić information content (AvgIpc) is 2.64. The highest BCUT2D eigenvalue weighted by Gasteiger charge is 2.45. The van der Waals surface area contributed by atoms with E-state index in [1.807, 2.05) is 6.07 Å². The third-order valence-corrected chi connectivity index (χ3v) is 3.94. The van der Waals surface area contributed by atoms with E-state index < -0.39 is 37.3 Å². The molecule has 140 valence electrons. The van der Waals surface area contributed by atoms with Gasteiger partial charge in [0, 0.05) is 19.2 Å². The van der Waals surface area contributed by atoms with Crippen LogP contribution in [0.25, 0.3) is 0 Å². The minimum absolute atomic E-state index is 0.101. The Morgan fingerprint density at radius 2 is 1.88 bits per heavy atom. The van der Waals surface area contributed by atoms with Crippen LogP contribution in [-0.2, 0) is 9.57 Å². The molecule has 0 aromatic heterocycles. The summed E-state index contributed by atoms with van der Waals surface area (Å²) in [6, 6.07) is 8.72. The molecule has 0 unspecified atom stereocenters. The third-order valence-electron chi connectivity index (χ3n) is 3.94. The lowest BCUT2D eigenvalue weighted by Crippen LogP contribution is -2.62. The molecule has 0 bridgehead atoms.